The summed E-state index contributed by atoms with van der Waals surface area (Å²) < 4.78 is 27.1. The van der Waals surface area contributed by atoms with Gasteiger partial charge in [0.1, 0.15) is 5.75 Å². The van der Waals surface area contributed by atoms with Gasteiger partial charge in [-0.25, -0.2) is 13.1 Å². The summed E-state index contributed by atoms with van der Waals surface area (Å²) in [6.45, 7) is 1.98. The number of nitrogens with zero attached hydrogens (tertiary/aromatic N) is 1. The molecule has 1 aliphatic rings. The molecule has 1 aromatic rings. The van der Waals surface area contributed by atoms with Crippen LogP contribution in [0.5, 0.6) is 5.75 Å². The maximum absolute atomic E-state index is 12.1. The van der Waals surface area contributed by atoms with Crippen molar-refractivity contribution in [2.75, 3.05) is 5.75 Å². The van der Waals surface area contributed by atoms with Crippen molar-refractivity contribution in [3.05, 3.63) is 29.8 Å². The van der Waals surface area contributed by atoms with Crippen LogP contribution < -0.4 is 4.72 Å². The first-order valence-electron chi connectivity index (χ1n) is 8.33. The fourth-order valence-electron chi connectivity index (χ4n) is 2.82. The molecule has 1 aliphatic carbocycles. The highest BCUT2D eigenvalue weighted by atomic mass is 32.2. The predicted octanol–water partition coefficient (Wildman–Crippen LogP) is 2.84. The van der Waals surface area contributed by atoms with Crippen LogP contribution in [0.2, 0.25) is 0 Å². The van der Waals surface area contributed by atoms with Crippen molar-refractivity contribution in [3.8, 4) is 5.75 Å². The zero-order valence-electron chi connectivity index (χ0n) is 13.6. The molecule has 6 heteroatoms. The zero-order chi connectivity index (χ0) is 16.7. The van der Waals surface area contributed by atoms with Gasteiger partial charge in [-0.05, 0) is 31.4 Å². The zero-order valence-corrected chi connectivity index (χ0v) is 14.4. The average molecular weight is 338 g/mol. The van der Waals surface area contributed by atoms with Gasteiger partial charge in [-0.3, -0.25) is 4.99 Å². The largest absolute Gasteiger partial charge is 0.507 e. The summed E-state index contributed by atoms with van der Waals surface area (Å²) in [5, 5.41) is 9.79. The molecule has 2 N–H and O–H groups in total. The number of rotatable bonds is 7. The van der Waals surface area contributed by atoms with Crippen molar-refractivity contribution < 1.29 is 13.5 Å². The number of para-hydroxylation sites is 1. The van der Waals surface area contributed by atoms with E-state index in [1.807, 2.05) is 13.0 Å². The molecule has 0 amide bonds. The molecule has 1 aromatic carbocycles. The Balaban J connectivity index is 2.05. The van der Waals surface area contributed by atoms with E-state index < -0.39 is 10.0 Å². The SMILES string of the molecule is CCCCS(=O)(=O)N[C@@H]1CCCC[C@H]1N=Cc1ccccc1O. The van der Waals surface area contributed by atoms with Gasteiger partial charge in [0.15, 0.2) is 0 Å². The lowest BCUT2D eigenvalue weighted by Gasteiger charge is -2.29. The summed E-state index contributed by atoms with van der Waals surface area (Å²) in [5.41, 5.74) is 0.658. The number of unbranched alkanes of at least 4 members (excludes halogenated alkanes) is 1. The molecule has 128 valence electrons. The first kappa shape index (κ1) is 17.9. The summed E-state index contributed by atoms with van der Waals surface area (Å²) in [7, 11) is -3.24. The van der Waals surface area contributed by atoms with Crippen LogP contribution in [0.3, 0.4) is 0 Å². The van der Waals surface area contributed by atoms with Crippen LogP contribution in [0.15, 0.2) is 29.3 Å². The molecule has 1 saturated carbocycles. The second-order valence-electron chi connectivity index (χ2n) is 6.09. The number of phenols is 1. The average Bonchev–Trinajstić information content (AvgIpc) is 2.53. The Morgan fingerprint density at radius 2 is 2.04 bits per heavy atom. The summed E-state index contributed by atoms with van der Waals surface area (Å²) >= 11 is 0. The van der Waals surface area contributed by atoms with Crippen LogP contribution in [0.4, 0.5) is 0 Å². The van der Waals surface area contributed by atoms with E-state index in [0.717, 1.165) is 32.1 Å². The number of phenolic OH excluding ortho intramolecular Hbond substituents is 1. The van der Waals surface area contributed by atoms with Crippen LogP contribution in [0, 0.1) is 0 Å². The minimum Gasteiger partial charge on any atom is -0.507 e. The number of aromatic hydroxyl groups is 1. The fraction of sp³-hybridized carbons (Fsp3) is 0.588. The number of aliphatic imine (C=N–C) groups is 1. The van der Waals surface area contributed by atoms with E-state index in [0.29, 0.717) is 12.0 Å². The maximum atomic E-state index is 12.1. The highest BCUT2D eigenvalue weighted by Crippen LogP contribution is 2.23. The molecule has 0 unspecified atom stereocenters. The van der Waals surface area contributed by atoms with Gasteiger partial charge in [0.2, 0.25) is 10.0 Å². The third-order valence-corrected chi connectivity index (χ3v) is 5.66. The normalized spacial score (nSPS) is 22.5. The lowest BCUT2D eigenvalue weighted by atomic mass is 9.91. The van der Waals surface area contributed by atoms with Crippen LogP contribution in [-0.4, -0.2) is 37.6 Å². The summed E-state index contributed by atoms with van der Waals surface area (Å²) in [5.74, 6) is 0.364. The number of nitrogens with one attached hydrogen (secondary N) is 1. The minimum absolute atomic E-state index is 0.0697. The Bertz CT molecular complexity index is 628. The smallest absolute Gasteiger partial charge is 0.211 e. The van der Waals surface area contributed by atoms with E-state index in [1.54, 1.807) is 24.4 Å². The maximum Gasteiger partial charge on any atom is 0.211 e. The fourth-order valence-corrected chi connectivity index (χ4v) is 4.35. The van der Waals surface area contributed by atoms with E-state index >= 15 is 0 Å². The van der Waals surface area contributed by atoms with Crippen molar-refractivity contribution in [2.24, 2.45) is 4.99 Å². The third-order valence-electron chi connectivity index (χ3n) is 4.17. The summed E-state index contributed by atoms with van der Waals surface area (Å²) in [6.07, 6.45) is 6.94. The molecule has 0 heterocycles. The lowest BCUT2D eigenvalue weighted by molar-refractivity contribution is 0.363. The number of benzene rings is 1. The highest BCUT2D eigenvalue weighted by molar-refractivity contribution is 7.89. The molecule has 5 nitrogen and oxygen atoms in total. The molecule has 0 radical (unpaired) electrons. The molecule has 0 aliphatic heterocycles. The predicted molar refractivity (Wildman–Crippen MR) is 93.6 cm³/mol. The Kier molecular flexibility index (Phi) is 6.59. The van der Waals surface area contributed by atoms with Crippen LogP contribution in [0.25, 0.3) is 0 Å². The van der Waals surface area contributed by atoms with Crippen molar-refractivity contribution in [3.63, 3.8) is 0 Å². The lowest BCUT2D eigenvalue weighted by Crippen LogP contribution is -2.45. The minimum atomic E-state index is -3.24. The van der Waals surface area contributed by atoms with Gasteiger partial charge in [-0.1, -0.05) is 38.3 Å². The van der Waals surface area contributed by atoms with E-state index in [4.69, 9.17) is 0 Å². The second-order valence-corrected chi connectivity index (χ2v) is 7.96. The molecule has 0 spiro atoms. The van der Waals surface area contributed by atoms with Crippen LogP contribution in [0.1, 0.15) is 51.0 Å². The molecule has 23 heavy (non-hydrogen) atoms. The van der Waals surface area contributed by atoms with Crippen molar-refractivity contribution in [1.82, 2.24) is 4.72 Å². The molecular formula is C17H26N2O3S. The van der Waals surface area contributed by atoms with E-state index in [1.165, 1.54) is 0 Å². The monoisotopic (exact) mass is 338 g/mol. The molecular weight excluding hydrogens is 312 g/mol. The summed E-state index contributed by atoms with van der Waals surface area (Å²) in [4.78, 5) is 4.55. The third kappa shape index (κ3) is 5.62. The van der Waals surface area contributed by atoms with Gasteiger partial charge in [0, 0.05) is 17.8 Å². The Hall–Kier alpha value is -1.40. The molecule has 0 bridgehead atoms. The second kappa shape index (κ2) is 8.45. The number of hydrogen-bond acceptors (Lipinski definition) is 4. The Morgan fingerprint density at radius 3 is 2.78 bits per heavy atom. The van der Waals surface area contributed by atoms with Gasteiger partial charge in [0.05, 0.1) is 11.8 Å². The Morgan fingerprint density at radius 1 is 1.30 bits per heavy atom. The van der Waals surface area contributed by atoms with Gasteiger partial charge in [-0.2, -0.15) is 0 Å². The standard InChI is InChI=1S/C17H26N2O3S/c1-2-3-12-23(21,22)19-16-10-6-5-9-15(16)18-13-14-8-4-7-11-17(14)20/h4,7-8,11,13,15-16,19-20H,2-3,5-6,9-10,12H2,1H3/t15-,16-/m1/s1. The topological polar surface area (TPSA) is 78.8 Å². The molecule has 2 atom stereocenters. The molecule has 0 aromatic heterocycles. The van der Waals surface area contributed by atoms with Gasteiger partial charge in [0.25, 0.3) is 0 Å². The quantitative estimate of drug-likeness (QED) is 0.750. The molecule has 2 rings (SSSR count). The first-order chi connectivity index (χ1) is 11.0. The Labute approximate surface area is 138 Å². The van der Waals surface area contributed by atoms with Gasteiger partial charge < -0.3 is 5.11 Å². The number of hydrogen-bond donors (Lipinski definition) is 2. The highest BCUT2D eigenvalue weighted by Gasteiger charge is 2.27. The number of sulfonamides is 1. The van der Waals surface area contributed by atoms with E-state index in [2.05, 4.69) is 9.71 Å². The van der Waals surface area contributed by atoms with Crippen molar-refractivity contribution >= 4 is 16.2 Å². The van der Waals surface area contributed by atoms with Crippen molar-refractivity contribution in [1.29, 1.82) is 0 Å². The molecule has 0 saturated heterocycles. The van der Waals surface area contributed by atoms with Crippen molar-refractivity contribution in [2.45, 2.75) is 57.5 Å². The van der Waals surface area contributed by atoms with Crippen LogP contribution >= 0.6 is 0 Å². The van der Waals surface area contributed by atoms with Gasteiger partial charge in [-0.15, -0.1) is 0 Å². The van der Waals surface area contributed by atoms with Gasteiger partial charge >= 0.3 is 0 Å². The van der Waals surface area contributed by atoms with Crippen LogP contribution in [-0.2, 0) is 10.0 Å². The van der Waals surface area contributed by atoms with E-state index in [9.17, 15) is 13.5 Å². The van der Waals surface area contributed by atoms with E-state index in [-0.39, 0.29) is 23.6 Å². The molecule has 1 fully saturated rings. The first-order valence-corrected chi connectivity index (χ1v) is 9.98. The summed E-state index contributed by atoms with van der Waals surface area (Å²) in [6, 6.07) is 6.80.